The average molecular weight is 330 g/mol. The van der Waals surface area contributed by atoms with Gasteiger partial charge in [0.15, 0.2) is 0 Å². The molecule has 0 bridgehead atoms. The Morgan fingerprint density at radius 3 is 2.67 bits per heavy atom. The molecule has 4 nitrogen and oxygen atoms in total. The van der Waals surface area contributed by atoms with Crippen molar-refractivity contribution in [3.05, 3.63) is 35.9 Å². The quantitative estimate of drug-likeness (QED) is 0.902. The van der Waals surface area contributed by atoms with Crippen LogP contribution in [0.1, 0.15) is 51.0 Å². The Hall–Kier alpha value is -1.39. The third kappa shape index (κ3) is 4.58. The summed E-state index contributed by atoms with van der Waals surface area (Å²) in [5, 5.41) is 3.30. The lowest BCUT2D eigenvalue weighted by molar-refractivity contribution is -0.126. The van der Waals surface area contributed by atoms with Crippen molar-refractivity contribution in [3.63, 3.8) is 0 Å². The predicted molar refractivity (Wildman–Crippen MR) is 96.1 cm³/mol. The number of rotatable bonds is 5. The molecule has 132 valence electrons. The lowest BCUT2D eigenvalue weighted by Gasteiger charge is -2.36. The van der Waals surface area contributed by atoms with Crippen molar-refractivity contribution in [2.45, 2.75) is 57.1 Å². The third-order valence-corrected chi connectivity index (χ3v) is 5.20. The first-order chi connectivity index (χ1) is 11.5. The van der Waals surface area contributed by atoms with E-state index in [2.05, 4.69) is 36.2 Å². The molecule has 3 rings (SSSR count). The minimum atomic E-state index is -0.145. The van der Waals surface area contributed by atoms with Crippen LogP contribution in [-0.4, -0.2) is 48.7 Å². The maximum atomic E-state index is 13.0. The van der Waals surface area contributed by atoms with Crippen LogP contribution in [-0.2, 0) is 9.53 Å². The molecule has 1 aromatic carbocycles. The van der Waals surface area contributed by atoms with E-state index in [0.29, 0.717) is 0 Å². The first-order valence-electron chi connectivity index (χ1n) is 9.25. The molecule has 1 N–H and O–H groups in total. The molecular formula is C20H30N2O2. The highest BCUT2D eigenvalue weighted by atomic mass is 16.5. The number of hydrogen-bond donors (Lipinski definition) is 1. The fourth-order valence-electron chi connectivity index (χ4n) is 3.91. The van der Waals surface area contributed by atoms with Gasteiger partial charge in [-0.15, -0.1) is 0 Å². The largest absolute Gasteiger partial charge is 0.375 e. The van der Waals surface area contributed by atoms with Gasteiger partial charge in [-0.25, -0.2) is 0 Å². The summed E-state index contributed by atoms with van der Waals surface area (Å²) in [5.74, 6) is 0.0751. The van der Waals surface area contributed by atoms with Gasteiger partial charge in [-0.2, -0.15) is 0 Å². The maximum absolute atomic E-state index is 13.0. The van der Waals surface area contributed by atoms with E-state index in [9.17, 15) is 4.79 Å². The van der Waals surface area contributed by atoms with Crippen LogP contribution < -0.4 is 5.32 Å². The molecule has 1 aromatic rings. The van der Waals surface area contributed by atoms with Crippen molar-refractivity contribution in [2.24, 2.45) is 0 Å². The van der Waals surface area contributed by atoms with E-state index in [1.165, 1.54) is 12.8 Å². The Bertz CT molecular complexity index is 538. The van der Waals surface area contributed by atoms with Gasteiger partial charge in [0.25, 0.3) is 0 Å². The van der Waals surface area contributed by atoms with Gasteiger partial charge in [0.05, 0.1) is 11.5 Å². The first kappa shape index (κ1) is 17.4. The normalized spacial score (nSPS) is 25.3. The number of ether oxygens (including phenoxy) is 1. The molecule has 2 fully saturated rings. The van der Waals surface area contributed by atoms with E-state index in [1.807, 2.05) is 18.2 Å². The van der Waals surface area contributed by atoms with E-state index in [4.69, 9.17) is 4.74 Å². The number of likely N-dealkylation sites (tertiary alicyclic amines) is 1. The molecule has 24 heavy (non-hydrogen) atoms. The van der Waals surface area contributed by atoms with Crippen molar-refractivity contribution in [1.29, 1.82) is 0 Å². The lowest BCUT2D eigenvalue weighted by atomic mass is 9.92. The second kappa shape index (κ2) is 7.66. The lowest BCUT2D eigenvalue weighted by Crippen LogP contribution is -2.48. The molecule has 2 saturated heterocycles. The molecule has 4 heteroatoms. The number of hydrogen-bond acceptors (Lipinski definition) is 3. The Kier molecular flexibility index (Phi) is 5.57. The topological polar surface area (TPSA) is 41.6 Å². The standard InChI is InChI=1S/C20H30N2O2/c1-20(2)14-17(10-13-24-20)21-19(23)18(15-22-11-6-7-12-22)16-8-4-3-5-9-16/h3-5,8-9,17-18H,6-7,10-15H2,1-2H3,(H,21,23)/t17-,18-/m0/s1. The summed E-state index contributed by atoms with van der Waals surface area (Å²) in [4.78, 5) is 15.5. The van der Waals surface area contributed by atoms with Crippen molar-refractivity contribution in [2.75, 3.05) is 26.2 Å². The minimum Gasteiger partial charge on any atom is -0.375 e. The molecule has 2 atom stereocenters. The number of amides is 1. The van der Waals surface area contributed by atoms with Gasteiger partial charge >= 0.3 is 0 Å². The van der Waals surface area contributed by atoms with Crippen molar-refractivity contribution < 1.29 is 9.53 Å². The summed E-state index contributed by atoms with van der Waals surface area (Å²) in [6, 6.07) is 10.4. The number of nitrogens with one attached hydrogen (secondary N) is 1. The second-order valence-corrected chi connectivity index (χ2v) is 7.78. The van der Waals surface area contributed by atoms with Crippen LogP contribution in [0, 0.1) is 0 Å². The van der Waals surface area contributed by atoms with Gasteiger partial charge in [-0.3, -0.25) is 4.79 Å². The highest BCUT2D eigenvalue weighted by Gasteiger charge is 2.32. The van der Waals surface area contributed by atoms with Crippen molar-refractivity contribution in [3.8, 4) is 0 Å². The maximum Gasteiger partial charge on any atom is 0.229 e. The van der Waals surface area contributed by atoms with Crippen LogP contribution in [0.3, 0.4) is 0 Å². The zero-order valence-corrected chi connectivity index (χ0v) is 15.0. The van der Waals surface area contributed by atoms with E-state index >= 15 is 0 Å². The molecule has 1 amide bonds. The molecule has 0 saturated carbocycles. The summed E-state index contributed by atoms with van der Waals surface area (Å²) >= 11 is 0. The van der Waals surface area contributed by atoms with E-state index in [1.54, 1.807) is 0 Å². The van der Waals surface area contributed by atoms with Crippen molar-refractivity contribution >= 4 is 5.91 Å². The molecule has 0 spiro atoms. The second-order valence-electron chi connectivity index (χ2n) is 7.78. The van der Waals surface area contributed by atoms with Crippen LogP contribution in [0.5, 0.6) is 0 Å². The SMILES string of the molecule is CC1(C)C[C@@H](NC(=O)[C@@H](CN2CCCC2)c2ccccc2)CCO1. The number of carbonyl (C=O) groups excluding carboxylic acids is 1. The van der Waals surface area contributed by atoms with Gasteiger partial charge in [-0.1, -0.05) is 30.3 Å². The van der Waals surface area contributed by atoms with Gasteiger partial charge in [0.1, 0.15) is 0 Å². The fraction of sp³-hybridized carbons (Fsp3) is 0.650. The number of carbonyl (C=O) groups is 1. The summed E-state index contributed by atoms with van der Waals surface area (Å²) < 4.78 is 5.77. The highest BCUT2D eigenvalue weighted by Crippen LogP contribution is 2.26. The average Bonchev–Trinajstić information content (AvgIpc) is 3.05. The first-order valence-corrected chi connectivity index (χ1v) is 9.25. The number of benzene rings is 1. The van der Waals surface area contributed by atoms with Gasteiger partial charge in [0.2, 0.25) is 5.91 Å². The zero-order chi connectivity index (χ0) is 17.0. The van der Waals surface area contributed by atoms with E-state index < -0.39 is 0 Å². The monoisotopic (exact) mass is 330 g/mol. The third-order valence-electron chi connectivity index (χ3n) is 5.20. The zero-order valence-electron chi connectivity index (χ0n) is 15.0. The van der Waals surface area contributed by atoms with E-state index in [0.717, 1.165) is 44.6 Å². The minimum absolute atomic E-state index is 0.0877. The Morgan fingerprint density at radius 1 is 1.29 bits per heavy atom. The van der Waals surface area contributed by atoms with Gasteiger partial charge in [-0.05, 0) is 58.2 Å². The van der Waals surface area contributed by atoms with Crippen LogP contribution in [0.15, 0.2) is 30.3 Å². The molecular weight excluding hydrogens is 300 g/mol. The van der Waals surface area contributed by atoms with Gasteiger partial charge < -0.3 is 15.0 Å². The van der Waals surface area contributed by atoms with Crippen LogP contribution in [0.4, 0.5) is 0 Å². The summed E-state index contributed by atoms with van der Waals surface area (Å²) in [6.45, 7) is 7.97. The fourth-order valence-corrected chi connectivity index (χ4v) is 3.91. The Balaban J connectivity index is 1.68. The molecule has 2 heterocycles. The Labute approximate surface area is 145 Å². The molecule has 2 aliphatic heterocycles. The van der Waals surface area contributed by atoms with Crippen LogP contribution in [0.25, 0.3) is 0 Å². The van der Waals surface area contributed by atoms with Crippen molar-refractivity contribution in [1.82, 2.24) is 10.2 Å². The number of nitrogens with zero attached hydrogens (tertiary/aromatic N) is 1. The smallest absolute Gasteiger partial charge is 0.229 e. The predicted octanol–water partition coefficient (Wildman–Crippen LogP) is 2.94. The molecule has 0 aromatic heterocycles. The summed E-state index contributed by atoms with van der Waals surface area (Å²) in [6.07, 6.45) is 4.28. The highest BCUT2D eigenvalue weighted by molar-refractivity contribution is 5.84. The molecule has 0 radical (unpaired) electrons. The summed E-state index contributed by atoms with van der Waals surface area (Å²) in [5.41, 5.74) is 0.973. The Morgan fingerprint density at radius 2 is 2.00 bits per heavy atom. The molecule has 0 unspecified atom stereocenters. The van der Waals surface area contributed by atoms with Gasteiger partial charge in [0, 0.05) is 19.2 Å². The van der Waals surface area contributed by atoms with Crippen LogP contribution in [0.2, 0.25) is 0 Å². The summed E-state index contributed by atoms with van der Waals surface area (Å²) in [7, 11) is 0. The van der Waals surface area contributed by atoms with E-state index in [-0.39, 0.29) is 23.5 Å². The molecule has 2 aliphatic rings. The van der Waals surface area contributed by atoms with Crippen LogP contribution >= 0.6 is 0 Å². The molecule has 0 aliphatic carbocycles.